The van der Waals surface area contributed by atoms with E-state index in [1.807, 2.05) is 25.1 Å². The van der Waals surface area contributed by atoms with Crippen molar-refractivity contribution in [1.29, 1.82) is 0 Å². The molecule has 2 amide bonds. The molecule has 1 atom stereocenters. The number of hydrogen-bond acceptors (Lipinski definition) is 5. The lowest BCUT2D eigenvalue weighted by molar-refractivity contribution is -0.127. The largest absolute Gasteiger partial charge is 0.486 e. The molecule has 22 heavy (non-hydrogen) atoms. The third kappa shape index (κ3) is 4.56. The number of ether oxygens (including phenoxy) is 2. The maximum atomic E-state index is 11.9. The van der Waals surface area contributed by atoms with E-state index in [9.17, 15) is 9.59 Å². The van der Waals surface area contributed by atoms with Gasteiger partial charge in [0.05, 0.1) is 5.75 Å². The smallest absolute Gasteiger partial charge is 0.242 e. The quantitative estimate of drug-likeness (QED) is 0.769. The van der Waals surface area contributed by atoms with Gasteiger partial charge in [-0.3, -0.25) is 9.59 Å². The van der Waals surface area contributed by atoms with Gasteiger partial charge in [0, 0.05) is 11.4 Å². The van der Waals surface area contributed by atoms with Gasteiger partial charge < -0.3 is 20.1 Å². The lowest BCUT2D eigenvalue weighted by atomic mass is 10.3. The van der Waals surface area contributed by atoms with Crippen LogP contribution in [0.1, 0.15) is 13.8 Å². The van der Waals surface area contributed by atoms with Crippen molar-refractivity contribution in [2.24, 2.45) is 0 Å². The average Bonchev–Trinajstić information content (AvgIpc) is 2.53. The van der Waals surface area contributed by atoms with Crippen molar-refractivity contribution in [2.75, 3.05) is 25.5 Å². The van der Waals surface area contributed by atoms with Gasteiger partial charge in [0.1, 0.15) is 19.3 Å². The molecule has 1 aliphatic heterocycles. The highest BCUT2D eigenvalue weighted by atomic mass is 32.2. The fourth-order valence-electron chi connectivity index (χ4n) is 1.94. The minimum atomic E-state index is -0.534. The second-order valence-electron chi connectivity index (χ2n) is 4.78. The number of benzene rings is 1. The number of carbonyl (C=O) groups excluding carboxylic acids is 2. The number of likely N-dealkylation sites (N-methyl/N-ethyl adjacent to an activating group) is 1. The van der Waals surface area contributed by atoms with E-state index >= 15 is 0 Å². The first kappa shape index (κ1) is 16.5. The summed E-state index contributed by atoms with van der Waals surface area (Å²) in [6.45, 7) is 5.14. The molecule has 0 aliphatic carbocycles. The number of thioether (sulfide) groups is 1. The van der Waals surface area contributed by atoms with Crippen LogP contribution in [0.4, 0.5) is 0 Å². The molecule has 0 saturated carbocycles. The second-order valence-corrected chi connectivity index (χ2v) is 5.83. The van der Waals surface area contributed by atoms with Crippen molar-refractivity contribution >= 4 is 23.6 Å². The summed E-state index contributed by atoms with van der Waals surface area (Å²) >= 11 is 1.39. The van der Waals surface area contributed by atoms with Crippen molar-refractivity contribution in [1.82, 2.24) is 10.6 Å². The predicted molar refractivity (Wildman–Crippen MR) is 84.4 cm³/mol. The maximum absolute atomic E-state index is 11.9. The molecule has 0 bridgehead atoms. The molecule has 1 aliphatic rings. The molecule has 0 aromatic heterocycles. The molecule has 0 unspecified atom stereocenters. The van der Waals surface area contributed by atoms with E-state index < -0.39 is 6.04 Å². The first-order valence-electron chi connectivity index (χ1n) is 7.19. The Balaban J connectivity index is 1.82. The topological polar surface area (TPSA) is 76.7 Å². The zero-order valence-electron chi connectivity index (χ0n) is 12.7. The summed E-state index contributed by atoms with van der Waals surface area (Å²) in [6.07, 6.45) is 0. The van der Waals surface area contributed by atoms with Crippen molar-refractivity contribution in [2.45, 2.75) is 24.8 Å². The number of nitrogens with one attached hydrogen (secondary N) is 2. The molecule has 7 heteroatoms. The second kappa shape index (κ2) is 7.93. The van der Waals surface area contributed by atoms with E-state index in [0.717, 1.165) is 10.6 Å². The monoisotopic (exact) mass is 324 g/mol. The third-order valence-electron chi connectivity index (χ3n) is 3.01. The van der Waals surface area contributed by atoms with Crippen LogP contribution in [0.15, 0.2) is 23.1 Å². The SMILES string of the molecule is CCNC(=O)[C@H](C)NC(=O)CSc1ccc2c(c1)OCCO2. The molecule has 2 N–H and O–H groups in total. The Bertz CT molecular complexity index is 550. The molecule has 0 saturated heterocycles. The first-order valence-corrected chi connectivity index (χ1v) is 8.18. The minimum Gasteiger partial charge on any atom is -0.486 e. The van der Waals surface area contributed by atoms with Crippen LogP contribution >= 0.6 is 11.8 Å². The Kier molecular flexibility index (Phi) is 5.94. The number of rotatable bonds is 6. The molecule has 0 spiro atoms. The van der Waals surface area contributed by atoms with Gasteiger partial charge in [-0.05, 0) is 32.0 Å². The van der Waals surface area contributed by atoms with Crippen LogP contribution in [0.25, 0.3) is 0 Å². The van der Waals surface area contributed by atoms with Gasteiger partial charge in [-0.2, -0.15) is 0 Å². The summed E-state index contributed by atoms with van der Waals surface area (Å²) in [7, 11) is 0. The van der Waals surface area contributed by atoms with E-state index in [1.54, 1.807) is 6.92 Å². The van der Waals surface area contributed by atoms with Gasteiger partial charge >= 0.3 is 0 Å². The fraction of sp³-hybridized carbons (Fsp3) is 0.467. The molecule has 1 aromatic rings. The Hall–Kier alpha value is -1.89. The number of carbonyl (C=O) groups is 2. The predicted octanol–water partition coefficient (Wildman–Crippen LogP) is 1.19. The van der Waals surface area contributed by atoms with Gasteiger partial charge in [0.2, 0.25) is 11.8 Å². The van der Waals surface area contributed by atoms with E-state index in [2.05, 4.69) is 10.6 Å². The Morgan fingerprint density at radius 2 is 2.00 bits per heavy atom. The summed E-state index contributed by atoms with van der Waals surface area (Å²) < 4.78 is 11.0. The number of hydrogen-bond donors (Lipinski definition) is 2. The van der Waals surface area contributed by atoms with Crippen molar-refractivity contribution in [3.63, 3.8) is 0 Å². The molecule has 1 aromatic carbocycles. The zero-order chi connectivity index (χ0) is 15.9. The van der Waals surface area contributed by atoms with Gasteiger partial charge in [0.15, 0.2) is 11.5 Å². The molecule has 0 radical (unpaired) electrons. The summed E-state index contributed by atoms with van der Waals surface area (Å²) in [4.78, 5) is 24.3. The van der Waals surface area contributed by atoms with Gasteiger partial charge in [-0.1, -0.05) is 0 Å². The van der Waals surface area contributed by atoms with Crippen LogP contribution in [-0.4, -0.2) is 43.4 Å². The molecule has 2 rings (SSSR count). The van der Waals surface area contributed by atoms with E-state index in [-0.39, 0.29) is 17.6 Å². The van der Waals surface area contributed by atoms with E-state index in [0.29, 0.717) is 25.5 Å². The van der Waals surface area contributed by atoms with Gasteiger partial charge in [-0.25, -0.2) is 0 Å². The van der Waals surface area contributed by atoms with Gasteiger partial charge in [0.25, 0.3) is 0 Å². The Labute approximate surface area is 133 Å². The highest BCUT2D eigenvalue weighted by molar-refractivity contribution is 8.00. The van der Waals surface area contributed by atoms with E-state index in [1.165, 1.54) is 11.8 Å². The highest BCUT2D eigenvalue weighted by Gasteiger charge is 2.16. The Morgan fingerprint density at radius 3 is 2.73 bits per heavy atom. The summed E-state index contributed by atoms with van der Waals surface area (Å²) in [5.41, 5.74) is 0. The fourth-order valence-corrected chi connectivity index (χ4v) is 2.67. The van der Waals surface area contributed by atoms with Gasteiger partial charge in [-0.15, -0.1) is 11.8 Å². The number of amides is 2. The van der Waals surface area contributed by atoms with Crippen molar-refractivity contribution in [3.8, 4) is 11.5 Å². The lowest BCUT2D eigenvalue weighted by Gasteiger charge is -2.18. The lowest BCUT2D eigenvalue weighted by Crippen LogP contribution is -2.45. The van der Waals surface area contributed by atoms with Crippen LogP contribution in [0.5, 0.6) is 11.5 Å². The minimum absolute atomic E-state index is 0.180. The van der Waals surface area contributed by atoms with Crippen molar-refractivity contribution < 1.29 is 19.1 Å². The Morgan fingerprint density at radius 1 is 1.27 bits per heavy atom. The molecule has 0 fully saturated rings. The van der Waals surface area contributed by atoms with Crippen LogP contribution in [0.2, 0.25) is 0 Å². The third-order valence-corrected chi connectivity index (χ3v) is 4.00. The molecular formula is C15H20N2O4S. The molecule has 1 heterocycles. The summed E-state index contributed by atoms with van der Waals surface area (Å²) in [5.74, 6) is 1.31. The molecule has 120 valence electrons. The summed E-state index contributed by atoms with van der Waals surface area (Å²) in [6, 6.07) is 5.05. The van der Waals surface area contributed by atoms with Crippen LogP contribution in [0.3, 0.4) is 0 Å². The van der Waals surface area contributed by atoms with Crippen molar-refractivity contribution in [3.05, 3.63) is 18.2 Å². The van der Waals surface area contributed by atoms with Crippen LogP contribution in [0, 0.1) is 0 Å². The number of fused-ring (bicyclic) bond motifs is 1. The molecular weight excluding hydrogens is 304 g/mol. The van der Waals surface area contributed by atoms with Crippen LogP contribution in [-0.2, 0) is 9.59 Å². The molecule has 6 nitrogen and oxygen atoms in total. The standard InChI is InChI=1S/C15H20N2O4S/c1-3-16-15(19)10(2)17-14(18)9-22-11-4-5-12-13(8-11)21-7-6-20-12/h4-5,8,10H,3,6-7,9H2,1-2H3,(H,16,19)(H,17,18)/t10-/m0/s1. The summed E-state index contributed by atoms with van der Waals surface area (Å²) in [5, 5.41) is 5.34. The maximum Gasteiger partial charge on any atom is 0.242 e. The van der Waals surface area contributed by atoms with Crippen LogP contribution < -0.4 is 20.1 Å². The first-order chi connectivity index (χ1) is 10.6. The zero-order valence-corrected chi connectivity index (χ0v) is 13.5. The van der Waals surface area contributed by atoms with E-state index in [4.69, 9.17) is 9.47 Å². The average molecular weight is 324 g/mol. The highest BCUT2D eigenvalue weighted by Crippen LogP contribution is 2.34. The normalized spacial score (nSPS) is 14.1.